The van der Waals surface area contributed by atoms with Crippen molar-refractivity contribution in [2.75, 3.05) is 7.11 Å². The van der Waals surface area contributed by atoms with Gasteiger partial charge in [0.15, 0.2) is 5.78 Å². The topological polar surface area (TPSA) is 69.7 Å². The van der Waals surface area contributed by atoms with Crippen molar-refractivity contribution in [1.29, 1.82) is 0 Å². The molecule has 0 amide bonds. The van der Waals surface area contributed by atoms with Crippen molar-refractivity contribution in [3.63, 3.8) is 0 Å². The molecule has 1 aromatic carbocycles. The van der Waals surface area contributed by atoms with Crippen LogP contribution in [0, 0.1) is 11.3 Å². The number of methoxy groups -OCH3 is 1. The second kappa shape index (κ2) is 6.99. The minimum atomic E-state index is -1.07. The monoisotopic (exact) mass is 444 g/mol. The van der Waals surface area contributed by atoms with Gasteiger partial charge in [-0.25, -0.2) is 4.79 Å². The summed E-state index contributed by atoms with van der Waals surface area (Å²) in [4.78, 5) is 37.4. The minimum Gasteiger partial charge on any atom is -0.466 e. The maximum Gasteiger partial charge on any atom is 0.330 e. The number of hydrogen-bond acceptors (Lipinski definition) is 5. The number of hydrogen-bond donors (Lipinski definition) is 0. The molecule has 0 unspecified atom stereocenters. The third-order valence-electron chi connectivity index (χ3n) is 6.37. The number of Topliss-reactive ketones (excluding diaryl/α,β-unsaturated/α-hetero) is 1. The van der Waals surface area contributed by atoms with Crippen LogP contribution >= 0.6 is 15.9 Å². The van der Waals surface area contributed by atoms with Crippen molar-refractivity contribution < 1.29 is 23.9 Å². The summed E-state index contributed by atoms with van der Waals surface area (Å²) in [6.07, 6.45) is 7.56. The van der Waals surface area contributed by atoms with E-state index >= 15 is 0 Å². The molecule has 1 saturated heterocycles. The number of allylic oxidation sites excluding steroid dienone is 1. The number of carbonyl (C=O) groups is 3. The lowest BCUT2D eigenvalue weighted by molar-refractivity contribution is -0.171. The van der Waals surface area contributed by atoms with Crippen LogP contribution in [-0.4, -0.2) is 35.3 Å². The highest BCUT2D eigenvalue weighted by Gasteiger charge is 2.69. The van der Waals surface area contributed by atoms with Crippen molar-refractivity contribution in [2.45, 2.75) is 36.1 Å². The first-order valence-corrected chi connectivity index (χ1v) is 10.2. The molecule has 1 saturated carbocycles. The fourth-order valence-electron chi connectivity index (χ4n) is 5.04. The van der Waals surface area contributed by atoms with Gasteiger partial charge in [-0.15, -0.1) is 0 Å². The molecule has 2 aliphatic heterocycles. The van der Waals surface area contributed by atoms with E-state index in [1.165, 1.54) is 13.2 Å². The van der Waals surface area contributed by atoms with Gasteiger partial charge in [0.25, 0.3) is 0 Å². The molecular formula is C22H21BrO5. The molecule has 1 aromatic rings. The standard InChI is InChI=1S/C22H21BrO5/c1-27-17(24)10-6-12-21-11-5-9-16(21)19-15(13-22(21,23)20(26)28-19)18(25)14-7-3-2-4-8-14/h2-4,6-8,10,13,16,19H,5,9,11-12H2,1H3/b10-6+/t16-,19-,21+,22+/m1/s1. The molecule has 146 valence electrons. The molecule has 0 spiro atoms. The first-order chi connectivity index (χ1) is 13.4. The summed E-state index contributed by atoms with van der Waals surface area (Å²) in [5.74, 6) is -0.854. The fourth-order valence-corrected chi connectivity index (χ4v) is 6.04. The van der Waals surface area contributed by atoms with Gasteiger partial charge in [0.05, 0.1) is 7.11 Å². The van der Waals surface area contributed by atoms with Crippen LogP contribution in [-0.2, 0) is 19.1 Å². The number of carbonyl (C=O) groups excluding carboxylic acids is 3. The van der Waals surface area contributed by atoms with Crippen LogP contribution in [0.3, 0.4) is 0 Å². The van der Waals surface area contributed by atoms with E-state index in [0.29, 0.717) is 17.6 Å². The highest BCUT2D eigenvalue weighted by molar-refractivity contribution is 9.10. The Morgan fingerprint density at radius 2 is 2.07 bits per heavy atom. The van der Waals surface area contributed by atoms with Crippen molar-refractivity contribution in [1.82, 2.24) is 0 Å². The maximum absolute atomic E-state index is 13.1. The average molecular weight is 445 g/mol. The Morgan fingerprint density at radius 3 is 2.79 bits per heavy atom. The van der Waals surface area contributed by atoms with Gasteiger partial charge in [0, 0.05) is 28.5 Å². The smallest absolute Gasteiger partial charge is 0.330 e. The summed E-state index contributed by atoms with van der Waals surface area (Å²) in [6.45, 7) is 0. The molecule has 0 N–H and O–H groups in total. The molecule has 28 heavy (non-hydrogen) atoms. The van der Waals surface area contributed by atoms with Crippen molar-refractivity contribution in [3.8, 4) is 0 Å². The molecule has 0 aromatic heterocycles. The predicted molar refractivity (Wildman–Crippen MR) is 106 cm³/mol. The van der Waals surface area contributed by atoms with Gasteiger partial charge in [0.1, 0.15) is 10.4 Å². The molecule has 2 heterocycles. The first kappa shape index (κ1) is 19.1. The lowest BCUT2D eigenvalue weighted by Gasteiger charge is -2.55. The van der Waals surface area contributed by atoms with Crippen LogP contribution in [0.1, 0.15) is 36.0 Å². The molecule has 2 fully saturated rings. The second-order valence-corrected chi connectivity index (χ2v) is 8.87. The zero-order valence-corrected chi connectivity index (χ0v) is 17.1. The third-order valence-corrected chi connectivity index (χ3v) is 7.71. The Labute approximate surface area is 171 Å². The van der Waals surface area contributed by atoms with Crippen molar-refractivity contribution >= 4 is 33.7 Å². The molecule has 5 nitrogen and oxygen atoms in total. The second-order valence-electron chi connectivity index (χ2n) is 7.62. The Morgan fingerprint density at radius 1 is 1.32 bits per heavy atom. The SMILES string of the molecule is COC(=O)/C=C/C[C@@]12CCC[C@@H]1[C@@H]1OC(=O)[C@@]2(Br)C=C1C(=O)c1ccccc1. The summed E-state index contributed by atoms with van der Waals surface area (Å²) in [6, 6.07) is 9.05. The molecule has 4 aliphatic rings. The van der Waals surface area contributed by atoms with Crippen LogP contribution in [0.25, 0.3) is 0 Å². The summed E-state index contributed by atoms with van der Waals surface area (Å²) in [5.41, 5.74) is 0.711. The Balaban J connectivity index is 1.74. The van der Waals surface area contributed by atoms with E-state index in [1.54, 1.807) is 24.3 Å². The lowest BCUT2D eigenvalue weighted by atomic mass is 9.57. The number of benzene rings is 1. The van der Waals surface area contributed by atoms with E-state index in [0.717, 1.165) is 19.3 Å². The average Bonchev–Trinajstić information content (AvgIpc) is 3.16. The number of fused-ring (bicyclic) bond motifs is 1. The van der Waals surface area contributed by atoms with Gasteiger partial charge in [-0.2, -0.15) is 0 Å². The largest absolute Gasteiger partial charge is 0.466 e. The van der Waals surface area contributed by atoms with Gasteiger partial charge in [-0.1, -0.05) is 58.8 Å². The molecule has 6 heteroatoms. The normalized spacial score (nSPS) is 33.4. The fraction of sp³-hybridized carbons (Fsp3) is 0.409. The zero-order chi connectivity index (χ0) is 19.9. The van der Waals surface area contributed by atoms with Crippen LogP contribution < -0.4 is 0 Å². The van der Waals surface area contributed by atoms with Crippen LogP contribution in [0.4, 0.5) is 0 Å². The number of ether oxygens (including phenoxy) is 2. The molecule has 4 atom stereocenters. The van der Waals surface area contributed by atoms with Gasteiger partial charge >= 0.3 is 11.9 Å². The Kier molecular flexibility index (Phi) is 4.78. The highest BCUT2D eigenvalue weighted by atomic mass is 79.9. The number of alkyl halides is 1. The van der Waals surface area contributed by atoms with Crippen molar-refractivity contribution in [2.24, 2.45) is 11.3 Å². The van der Waals surface area contributed by atoms with Crippen molar-refractivity contribution in [3.05, 3.63) is 59.7 Å². The summed E-state index contributed by atoms with van der Waals surface area (Å²) >= 11 is 3.67. The summed E-state index contributed by atoms with van der Waals surface area (Å²) in [5, 5.41) is 0. The molecular weight excluding hydrogens is 424 g/mol. The van der Waals surface area contributed by atoms with Gasteiger partial charge in [0.2, 0.25) is 0 Å². The summed E-state index contributed by atoms with van der Waals surface area (Å²) < 4.78 is 9.34. The zero-order valence-electron chi connectivity index (χ0n) is 15.5. The van der Waals surface area contributed by atoms with Crippen LogP contribution in [0.5, 0.6) is 0 Å². The van der Waals surface area contributed by atoms with E-state index in [4.69, 9.17) is 4.74 Å². The van der Waals surface area contributed by atoms with Crippen LogP contribution in [0.15, 0.2) is 54.1 Å². The van der Waals surface area contributed by atoms with E-state index in [9.17, 15) is 14.4 Å². The third kappa shape index (κ3) is 2.69. The molecule has 2 bridgehead atoms. The number of ketones is 1. The molecule has 0 radical (unpaired) electrons. The predicted octanol–water partition coefficient (Wildman–Crippen LogP) is 3.77. The summed E-state index contributed by atoms with van der Waals surface area (Å²) in [7, 11) is 1.33. The Hall–Kier alpha value is -2.21. The minimum absolute atomic E-state index is 0.0273. The first-order valence-electron chi connectivity index (χ1n) is 9.40. The van der Waals surface area contributed by atoms with E-state index in [-0.39, 0.29) is 17.7 Å². The number of halogens is 1. The quantitative estimate of drug-likeness (QED) is 0.299. The van der Waals surface area contributed by atoms with Gasteiger partial charge in [-0.05, 0) is 25.3 Å². The molecule has 2 aliphatic carbocycles. The maximum atomic E-state index is 13.1. The van der Waals surface area contributed by atoms with E-state index < -0.39 is 21.8 Å². The van der Waals surface area contributed by atoms with E-state index in [2.05, 4.69) is 20.7 Å². The lowest BCUT2D eigenvalue weighted by Crippen LogP contribution is -2.63. The van der Waals surface area contributed by atoms with E-state index in [1.807, 2.05) is 18.2 Å². The van der Waals surface area contributed by atoms with Gasteiger partial charge in [-0.3, -0.25) is 9.59 Å². The highest BCUT2D eigenvalue weighted by Crippen LogP contribution is 2.65. The number of rotatable bonds is 5. The van der Waals surface area contributed by atoms with Crippen LogP contribution in [0.2, 0.25) is 0 Å². The Bertz CT molecular complexity index is 889. The number of esters is 2. The van der Waals surface area contributed by atoms with Gasteiger partial charge < -0.3 is 9.47 Å². The molecule has 5 rings (SSSR count).